The third-order valence-electron chi connectivity index (χ3n) is 2.94. The quantitative estimate of drug-likeness (QED) is 0.333. The molecule has 0 spiro atoms. The predicted octanol–water partition coefficient (Wildman–Crippen LogP) is 2.22. The molecule has 0 saturated heterocycles. The summed E-state index contributed by atoms with van der Waals surface area (Å²) in [5, 5.41) is 14.9. The topological polar surface area (TPSA) is 83.8 Å². The van der Waals surface area contributed by atoms with Crippen molar-refractivity contribution in [2.75, 3.05) is 0 Å². The number of nitrogens with one attached hydrogen (secondary N) is 1. The first-order chi connectivity index (χ1) is 9.20. The Labute approximate surface area is 111 Å². The number of amidine groups is 1. The maximum atomic E-state index is 8.58. The van der Waals surface area contributed by atoms with E-state index in [0.29, 0.717) is 5.56 Å². The van der Waals surface area contributed by atoms with Crippen molar-refractivity contribution in [1.82, 2.24) is 5.32 Å². The van der Waals surface area contributed by atoms with E-state index in [1.54, 1.807) is 6.26 Å². The highest BCUT2D eigenvalue weighted by atomic mass is 16.4. The Kier molecular flexibility index (Phi) is 4.20. The minimum Gasteiger partial charge on any atom is -0.468 e. The Hall–Kier alpha value is -2.27. The largest absolute Gasteiger partial charge is 0.468 e. The standard InChI is InChI=1S/C14H17N3O2/c1-10(13-3-2-8-19-13)16-9-11-4-6-12(7-5-11)14(15)17-18/h2-8,10,16,18H,9H2,1H3,(H2,15,17)/t10-/m0/s1. The Morgan fingerprint density at radius 3 is 2.68 bits per heavy atom. The molecule has 2 rings (SSSR count). The summed E-state index contributed by atoms with van der Waals surface area (Å²) < 4.78 is 5.33. The van der Waals surface area contributed by atoms with Crippen LogP contribution in [-0.4, -0.2) is 11.0 Å². The lowest BCUT2D eigenvalue weighted by atomic mass is 10.1. The van der Waals surface area contributed by atoms with Crippen LogP contribution in [0.25, 0.3) is 0 Å². The number of hydrogen-bond donors (Lipinski definition) is 3. The molecule has 5 nitrogen and oxygen atoms in total. The average Bonchev–Trinajstić information content (AvgIpc) is 2.98. The fraction of sp³-hybridized carbons (Fsp3) is 0.214. The zero-order valence-corrected chi connectivity index (χ0v) is 10.7. The molecule has 0 unspecified atom stereocenters. The van der Waals surface area contributed by atoms with Crippen LogP contribution >= 0.6 is 0 Å². The van der Waals surface area contributed by atoms with E-state index >= 15 is 0 Å². The molecule has 1 heterocycles. The number of nitrogens with zero attached hydrogens (tertiary/aromatic N) is 1. The number of hydrogen-bond acceptors (Lipinski definition) is 4. The molecule has 4 N–H and O–H groups in total. The molecule has 0 aliphatic carbocycles. The second kappa shape index (κ2) is 6.06. The highest BCUT2D eigenvalue weighted by molar-refractivity contribution is 5.96. The van der Waals surface area contributed by atoms with Crippen molar-refractivity contribution in [1.29, 1.82) is 0 Å². The van der Waals surface area contributed by atoms with Crippen molar-refractivity contribution in [2.24, 2.45) is 10.9 Å². The molecule has 1 atom stereocenters. The van der Waals surface area contributed by atoms with Crippen LogP contribution in [0.2, 0.25) is 0 Å². The SMILES string of the molecule is C[C@H](NCc1ccc(/C(N)=N/O)cc1)c1ccco1. The first kappa shape index (κ1) is 13.2. The fourth-order valence-corrected chi connectivity index (χ4v) is 1.76. The lowest BCUT2D eigenvalue weighted by Gasteiger charge is -2.11. The summed E-state index contributed by atoms with van der Waals surface area (Å²) in [5.41, 5.74) is 7.32. The van der Waals surface area contributed by atoms with Crippen LogP contribution < -0.4 is 11.1 Å². The van der Waals surface area contributed by atoms with Crippen molar-refractivity contribution in [3.05, 3.63) is 59.5 Å². The molecule has 0 fully saturated rings. The number of benzene rings is 1. The normalized spacial score (nSPS) is 13.4. The monoisotopic (exact) mass is 259 g/mol. The first-order valence-corrected chi connectivity index (χ1v) is 6.04. The van der Waals surface area contributed by atoms with Crippen LogP contribution in [0.1, 0.15) is 29.9 Å². The maximum absolute atomic E-state index is 8.58. The van der Waals surface area contributed by atoms with E-state index in [2.05, 4.69) is 10.5 Å². The minimum absolute atomic E-state index is 0.114. The fourth-order valence-electron chi connectivity index (χ4n) is 1.76. The molecule has 0 aliphatic heterocycles. The molecule has 0 aliphatic rings. The Balaban J connectivity index is 1.93. The number of oxime groups is 1. The third kappa shape index (κ3) is 3.35. The predicted molar refractivity (Wildman–Crippen MR) is 72.9 cm³/mol. The van der Waals surface area contributed by atoms with Gasteiger partial charge in [0.1, 0.15) is 5.76 Å². The van der Waals surface area contributed by atoms with Gasteiger partial charge in [-0.1, -0.05) is 29.4 Å². The summed E-state index contributed by atoms with van der Waals surface area (Å²) in [4.78, 5) is 0. The lowest BCUT2D eigenvalue weighted by Crippen LogP contribution is -2.18. The van der Waals surface area contributed by atoms with E-state index in [0.717, 1.165) is 17.9 Å². The van der Waals surface area contributed by atoms with E-state index < -0.39 is 0 Å². The molecule has 0 radical (unpaired) electrons. The van der Waals surface area contributed by atoms with Gasteiger partial charge in [-0.15, -0.1) is 0 Å². The van der Waals surface area contributed by atoms with Gasteiger partial charge in [0.05, 0.1) is 12.3 Å². The molecule has 1 aromatic carbocycles. The second-order valence-electron chi connectivity index (χ2n) is 4.30. The Morgan fingerprint density at radius 1 is 1.37 bits per heavy atom. The van der Waals surface area contributed by atoms with Gasteiger partial charge in [0.15, 0.2) is 5.84 Å². The van der Waals surface area contributed by atoms with E-state index in [9.17, 15) is 0 Å². The first-order valence-electron chi connectivity index (χ1n) is 6.04. The zero-order chi connectivity index (χ0) is 13.7. The lowest BCUT2D eigenvalue weighted by molar-refractivity contribution is 0.318. The van der Waals surface area contributed by atoms with Crippen molar-refractivity contribution in [2.45, 2.75) is 19.5 Å². The second-order valence-corrected chi connectivity index (χ2v) is 4.30. The molecule has 2 aromatic rings. The smallest absolute Gasteiger partial charge is 0.170 e. The molecular weight excluding hydrogens is 242 g/mol. The maximum Gasteiger partial charge on any atom is 0.170 e. The summed E-state index contributed by atoms with van der Waals surface area (Å²) in [6.45, 7) is 2.77. The van der Waals surface area contributed by atoms with E-state index in [4.69, 9.17) is 15.4 Å². The van der Waals surface area contributed by atoms with Crippen LogP contribution in [0.4, 0.5) is 0 Å². The van der Waals surface area contributed by atoms with Crippen molar-refractivity contribution in [3.63, 3.8) is 0 Å². The van der Waals surface area contributed by atoms with Gasteiger partial charge in [0.25, 0.3) is 0 Å². The van der Waals surface area contributed by atoms with Gasteiger partial charge in [-0.3, -0.25) is 0 Å². The zero-order valence-electron chi connectivity index (χ0n) is 10.7. The summed E-state index contributed by atoms with van der Waals surface area (Å²) in [6, 6.07) is 11.5. The van der Waals surface area contributed by atoms with Gasteiger partial charge in [-0.05, 0) is 24.6 Å². The van der Waals surface area contributed by atoms with E-state index in [1.165, 1.54) is 0 Å². The van der Waals surface area contributed by atoms with E-state index in [-0.39, 0.29) is 11.9 Å². The van der Waals surface area contributed by atoms with Gasteiger partial charge >= 0.3 is 0 Å². The Bertz CT molecular complexity index is 532. The van der Waals surface area contributed by atoms with Gasteiger partial charge in [-0.25, -0.2) is 0 Å². The van der Waals surface area contributed by atoms with Crippen molar-refractivity contribution >= 4 is 5.84 Å². The molecule has 0 saturated carbocycles. The van der Waals surface area contributed by atoms with E-state index in [1.807, 2.05) is 43.3 Å². The molecule has 0 amide bonds. The van der Waals surface area contributed by atoms with Crippen LogP contribution in [0.15, 0.2) is 52.2 Å². The summed E-state index contributed by atoms with van der Waals surface area (Å²) in [7, 11) is 0. The average molecular weight is 259 g/mol. The summed E-state index contributed by atoms with van der Waals surface area (Å²) in [5.74, 6) is 1.02. The number of furan rings is 1. The molecule has 0 bridgehead atoms. The number of nitrogens with two attached hydrogens (primary N) is 1. The van der Waals surface area contributed by atoms with Crippen LogP contribution in [0, 0.1) is 0 Å². The number of rotatable bonds is 5. The van der Waals surface area contributed by atoms with Gasteiger partial charge in [-0.2, -0.15) is 0 Å². The molecule has 1 aromatic heterocycles. The van der Waals surface area contributed by atoms with Crippen LogP contribution in [0.3, 0.4) is 0 Å². The molecule has 5 heteroatoms. The van der Waals surface area contributed by atoms with Crippen LogP contribution in [-0.2, 0) is 6.54 Å². The molecular formula is C14H17N3O2. The van der Waals surface area contributed by atoms with Gasteiger partial charge in [0, 0.05) is 12.1 Å². The van der Waals surface area contributed by atoms with Crippen molar-refractivity contribution < 1.29 is 9.62 Å². The highest BCUT2D eigenvalue weighted by Crippen LogP contribution is 2.13. The molecule has 100 valence electrons. The Morgan fingerprint density at radius 2 is 2.11 bits per heavy atom. The minimum atomic E-state index is 0.114. The third-order valence-corrected chi connectivity index (χ3v) is 2.94. The summed E-state index contributed by atoms with van der Waals surface area (Å²) >= 11 is 0. The van der Waals surface area contributed by atoms with Gasteiger partial charge < -0.3 is 20.7 Å². The molecule has 19 heavy (non-hydrogen) atoms. The summed E-state index contributed by atoms with van der Waals surface area (Å²) in [6.07, 6.45) is 1.67. The highest BCUT2D eigenvalue weighted by Gasteiger charge is 2.07. The van der Waals surface area contributed by atoms with Crippen molar-refractivity contribution in [3.8, 4) is 0 Å². The van der Waals surface area contributed by atoms with Gasteiger partial charge in [0.2, 0.25) is 0 Å². The van der Waals surface area contributed by atoms with Crippen LogP contribution in [0.5, 0.6) is 0 Å².